The van der Waals surface area contributed by atoms with Gasteiger partial charge in [-0.25, -0.2) is 0 Å². The van der Waals surface area contributed by atoms with Gasteiger partial charge in [0, 0.05) is 11.3 Å². The number of anilines is 1. The Kier molecular flexibility index (Phi) is 4.62. The third-order valence-corrected chi connectivity index (χ3v) is 3.62. The maximum Gasteiger partial charge on any atom is 0.255 e. The molecule has 0 heterocycles. The molecule has 3 rings (SSSR count). The first-order chi connectivity index (χ1) is 11.6. The van der Waals surface area contributed by atoms with Crippen molar-refractivity contribution in [2.24, 2.45) is 0 Å². The number of rotatable bonds is 4. The lowest BCUT2D eigenvalue weighted by molar-refractivity contribution is 0.102. The standard InChI is InChI=1S/C21H19NO2/c1-15-5-3-7-17(13-15)21(23)22-18-9-11-19(12-10-18)24-20-8-4-6-16(2)14-20/h3-14H,1-2H3,(H,22,23). The van der Waals surface area contributed by atoms with Crippen LogP contribution in [-0.4, -0.2) is 5.91 Å². The Hall–Kier alpha value is -3.07. The summed E-state index contributed by atoms with van der Waals surface area (Å²) in [5, 5.41) is 2.89. The number of hydrogen-bond acceptors (Lipinski definition) is 2. The minimum absolute atomic E-state index is 0.119. The molecule has 24 heavy (non-hydrogen) atoms. The van der Waals surface area contributed by atoms with Crippen LogP contribution in [0.2, 0.25) is 0 Å². The van der Waals surface area contributed by atoms with Gasteiger partial charge in [0.15, 0.2) is 0 Å². The largest absolute Gasteiger partial charge is 0.457 e. The molecule has 3 heteroatoms. The molecule has 1 amide bonds. The molecule has 0 unspecified atom stereocenters. The highest BCUT2D eigenvalue weighted by Gasteiger charge is 2.06. The highest BCUT2D eigenvalue weighted by molar-refractivity contribution is 6.04. The van der Waals surface area contributed by atoms with Crippen molar-refractivity contribution in [3.05, 3.63) is 89.5 Å². The Bertz CT molecular complexity index is 854. The molecule has 0 spiro atoms. The highest BCUT2D eigenvalue weighted by Crippen LogP contribution is 2.23. The first-order valence-corrected chi connectivity index (χ1v) is 7.83. The number of carbonyl (C=O) groups is 1. The zero-order chi connectivity index (χ0) is 16.9. The van der Waals surface area contributed by atoms with Gasteiger partial charge in [0.1, 0.15) is 11.5 Å². The molecule has 0 radical (unpaired) electrons. The maximum atomic E-state index is 12.2. The van der Waals surface area contributed by atoms with Crippen molar-refractivity contribution in [3.63, 3.8) is 0 Å². The average molecular weight is 317 g/mol. The summed E-state index contributed by atoms with van der Waals surface area (Å²) in [5.74, 6) is 1.41. The number of hydrogen-bond donors (Lipinski definition) is 1. The van der Waals surface area contributed by atoms with E-state index in [-0.39, 0.29) is 5.91 Å². The number of nitrogens with one attached hydrogen (secondary N) is 1. The minimum Gasteiger partial charge on any atom is -0.457 e. The summed E-state index contributed by atoms with van der Waals surface area (Å²) in [7, 11) is 0. The zero-order valence-corrected chi connectivity index (χ0v) is 13.7. The maximum absolute atomic E-state index is 12.2. The Balaban J connectivity index is 1.67. The van der Waals surface area contributed by atoms with Gasteiger partial charge in [-0.05, 0) is 67.9 Å². The summed E-state index contributed by atoms with van der Waals surface area (Å²) in [6.45, 7) is 3.99. The molecule has 0 saturated carbocycles. The molecule has 3 aromatic carbocycles. The van der Waals surface area contributed by atoms with Crippen LogP contribution < -0.4 is 10.1 Å². The van der Waals surface area contributed by atoms with E-state index in [1.165, 1.54) is 0 Å². The fraction of sp³-hybridized carbons (Fsp3) is 0.0952. The zero-order valence-electron chi connectivity index (χ0n) is 13.7. The summed E-state index contributed by atoms with van der Waals surface area (Å²) in [4.78, 5) is 12.2. The van der Waals surface area contributed by atoms with E-state index in [4.69, 9.17) is 4.74 Å². The van der Waals surface area contributed by atoms with Crippen LogP contribution in [0.5, 0.6) is 11.5 Å². The second-order valence-electron chi connectivity index (χ2n) is 5.77. The van der Waals surface area contributed by atoms with Crippen LogP contribution in [0.3, 0.4) is 0 Å². The van der Waals surface area contributed by atoms with Crippen molar-refractivity contribution in [2.45, 2.75) is 13.8 Å². The molecule has 0 aliphatic heterocycles. The minimum atomic E-state index is -0.119. The van der Waals surface area contributed by atoms with E-state index in [0.717, 1.165) is 28.3 Å². The van der Waals surface area contributed by atoms with Crippen LogP contribution in [0.25, 0.3) is 0 Å². The van der Waals surface area contributed by atoms with Gasteiger partial charge in [0.25, 0.3) is 5.91 Å². The monoisotopic (exact) mass is 317 g/mol. The molecule has 0 aromatic heterocycles. The Morgan fingerprint density at radius 3 is 2.12 bits per heavy atom. The Labute approximate surface area is 141 Å². The van der Waals surface area contributed by atoms with Crippen LogP contribution in [0.15, 0.2) is 72.8 Å². The van der Waals surface area contributed by atoms with Crippen LogP contribution in [0.1, 0.15) is 21.5 Å². The van der Waals surface area contributed by atoms with Crippen LogP contribution >= 0.6 is 0 Å². The normalized spacial score (nSPS) is 10.2. The fourth-order valence-corrected chi connectivity index (χ4v) is 2.41. The summed E-state index contributed by atoms with van der Waals surface area (Å²) >= 11 is 0. The summed E-state index contributed by atoms with van der Waals surface area (Å²) < 4.78 is 5.81. The first kappa shape index (κ1) is 15.8. The number of ether oxygens (including phenoxy) is 1. The predicted molar refractivity (Wildman–Crippen MR) is 96.8 cm³/mol. The third kappa shape index (κ3) is 4.02. The van der Waals surface area contributed by atoms with E-state index < -0.39 is 0 Å². The molecule has 3 aromatic rings. The van der Waals surface area contributed by atoms with Crippen molar-refractivity contribution >= 4 is 11.6 Å². The lowest BCUT2D eigenvalue weighted by atomic mass is 10.1. The number of benzene rings is 3. The molecule has 0 fully saturated rings. The molecule has 0 atom stereocenters. The van der Waals surface area contributed by atoms with E-state index in [1.54, 1.807) is 6.07 Å². The van der Waals surface area contributed by atoms with Crippen LogP contribution in [0, 0.1) is 13.8 Å². The molecule has 0 aliphatic carbocycles. The molecular formula is C21H19NO2. The lowest BCUT2D eigenvalue weighted by Crippen LogP contribution is -2.11. The van der Waals surface area contributed by atoms with Gasteiger partial charge in [-0.3, -0.25) is 4.79 Å². The van der Waals surface area contributed by atoms with Crippen molar-refractivity contribution in [1.29, 1.82) is 0 Å². The number of aryl methyl sites for hydroxylation is 2. The Morgan fingerprint density at radius 2 is 1.46 bits per heavy atom. The Morgan fingerprint density at radius 1 is 0.792 bits per heavy atom. The molecule has 3 nitrogen and oxygen atoms in total. The topological polar surface area (TPSA) is 38.3 Å². The van der Waals surface area contributed by atoms with Gasteiger partial charge in [-0.1, -0.05) is 29.8 Å². The molecule has 0 bridgehead atoms. The molecule has 120 valence electrons. The quantitative estimate of drug-likeness (QED) is 0.704. The van der Waals surface area contributed by atoms with E-state index in [2.05, 4.69) is 5.32 Å². The third-order valence-electron chi connectivity index (χ3n) is 3.62. The first-order valence-electron chi connectivity index (χ1n) is 7.83. The number of amides is 1. The van der Waals surface area contributed by atoms with Gasteiger partial charge < -0.3 is 10.1 Å². The van der Waals surface area contributed by atoms with Gasteiger partial charge in [-0.15, -0.1) is 0 Å². The molecule has 1 N–H and O–H groups in total. The van der Waals surface area contributed by atoms with Gasteiger partial charge in [0.2, 0.25) is 0 Å². The van der Waals surface area contributed by atoms with E-state index in [9.17, 15) is 4.79 Å². The van der Waals surface area contributed by atoms with E-state index in [1.807, 2.05) is 80.6 Å². The lowest BCUT2D eigenvalue weighted by Gasteiger charge is -2.09. The van der Waals surface area contributed by atoms with Crippen molar-refractivity contribution < 1.29 is 9.53 Å². The second-order valence-corrected chi connectivity index (χ2v) is 5.77. The van der Waals surface area contributed by atoms with Gasteiger partial charge >= 0.3 is 0 Å². The van der Waals surface area contributed by atoms with Crippen LogP contribution in [-0.2, 0) is 0 Å². The summed E-state index contributed by atoms with van der Waals surface area (Å²) in [5.41, 5.74) is 3.59. The molecular weight excluding hydrogens is 298 g/mol. The SMILES string of the molecule is Cc1cccc(Oc2ccc(NC(=O)c3cccc(C)c3)cc2)c1. The summed E-state index contributed by atoms with van der Waals surface area (Å²) in [6.07, 6.45) is 0. The van der Waals surface area contributed by atoms with Crippen LogP contribution in [0.4, 0.5) is 5.69 Å². The average Bonchev–Trinajstić information content (AvgIpc) is 2.57. The van der Waals surface area contributed by atoms with Crippen molar-refractivity contribution in [1.82, 2.24) is 0 Å². The smallest absolute Gasteiger partial charge is 0.255 e. The van der Waals surface area contributed by atoms with E-state index in [0.29, 0.717) is 5.56 Å². The number of carbonyl (C=O) groups excluding carboxylic acids is 1. The molecule has 0 saturated heterocycles. The van der Waals surface area contributed by atoms with Gasteiger partial charge in [0.05, 0.1) is 0 Å². The van der Waals surface area contributed by atoms with E-state index >= 15 is 0 Å². The second kappa shape index (κ2) is 7.01. The van der Waals surface area contributed by atoms with Gasteiger partial charge in [-0.2, -0.15) is 0 Å². The predicted octanol–water partition coefficient (Wildman–Crippen LogP) is 5.35. The van der Waals surface area contributed by atoms with Crippen molar-refractivity contribution in [2.75, 3.05) is 5.32 Å². The van der Waals surface area contributed by atoms with Crippen molar-refractivity contribution in [3.8, 4) is 11.5 Å². The highest BCUT2D eigenvalue weighted by atomic mass is 16.5. The summed E-state index contributed by atoms with van der Waals surface area (Å²) in [6, 6.07) is 22.7. The fourth-order valence-electron chi connectivity index (χ4n) is 2.41. The molecule has 0 aliphatic rings.